The Morgan fingerprint density at radius 1 is 1.77 bits per heavy atom. The molecule has 0 aromatic rings. The molecule has 5 nitrogen and oxygen atoms in total. The van der Waals surface area contributed by atoms with Crippen LogP contribution in [0.4, 0.5) is 0 Å². The molecule has 2 atom stereocenters. The number of nitrogens with two attached hydrogens (primary N) is 1. The standard InChI is InChI=1S/C7H14N3O2P/c8-5-1-3-7-4-2-6-10(7)12-13(9)11/h7,11H,1-4,6,9H2. The number of rotatable bonds is 4. The molecule has 1 rings (SSSR count). The van der Waals surface area contributed by atoms with Crippen molar-refractivity contribution < 1.29 is 9.52 Å². The first kappa shape index (κ1) is 10.8. The van der Waals surface area contributed by atoms with Gasteiger partial charge in [0.15, 0.2) is 0 Å². The van der Waals surface area contributed by atoms with E-state index in [4.69, 9.17) is 20.3 Å². The largest absolute Gasteiger partial charge is 0.337 e. The molecule has 3 N–H and O–H groups in total. The second kappa shape index (κ2) is 5.48. The van der Waals surface area contributed by atoms with Crippen LogP contribution >= 0.6 is 8.53 Å². The van der Waals surface area contributed by atoms with Crippen LogP contribution < -0.4 is 5.50 Å². The molecule has 0 radical (unpaired) electrons. The first-order chi connectivity index (χ1) is 6.24. The summed E-state index contributed by atoms with van der Waals surface area (Å²) in [5.41, 5.74) is 5.15. The second-order valence-electron chi connectivity index (χ2n) is 3.02. The lowest BCUT2D eigenvalue weighted by Gasteiger charge is -2.22. The van der Waals surface area contributed by atoms with Crippen LogP contribution in [0.3, 0.4) is 0 Å². The summed E-state index contributed by atoms with van der Waals surface area (Å²) in [6.45, 7) is 0.798. The van der Waals surface area contributed by atoms with Crippen molar-refractivity contribution in [3.63, 3.8) is 0 Å². The highest BCUT2D eigenvalue weighted by atomic mass is 31.2. The van der Waals surface area contributed by atoms with E-state index in [2.05, 4.69) is 6.07 Å². The van der Waals surface area contributed by atoms with Crippen LogP contribution in [0.1, 0.15) is 25.7 Å². The minimum atomic E-state index is -1.81. The highest BCUT2D eigenvalue weighted by Gasteiger charge is 2.26. The van der Waals surface area contributed by atoms with Crippen LogP contribution in [0.2, 0.25) is 0 Å². The molecule has 74 valence electrons. The van der Waals surface area contributed by atoms with Gasteiger partial charge in [-0.25, -0.2) is 4.62 Å². The van der Waals surface area contributed by atoms with Gasteiger partial charge in [0.25, 0.3) is 8.53 Å². The maximum Gasteiger partial charge on any atom is 0.268 e. The summed E-state index contributed by atoms with van der Waals surface area (Å²) in [5, 5.41) is 10.1. The van der Waals surface area contributed by atoms with Gasteiger partial charge in [0.05, 0.1) is 6.07 Å². The van der Waals surface area contributed by atoms with Gasteiger partial charge in [0, 0.05) is 19.0 Å². The van der Waals surface area contributed by atoms with Crippen LogP contribution in [0.25, 0.3) is 0 Å². The average Bonchev–Trinajstić information content (AvgIpc) is 2.48. The topological polar surface area (TPSA) is 82.5 Å². The number of hydrogen-bond acceptors (Lipinski definition) is 5. The predicted molar refractivity (Wildman–Crippen MR) is 49.0 cm³/mol. The van der Waals surface area contributed by atoms with Crippen molar-refractivity contribution >= 4 is 8.53 Å². The highest BCUT2D eigenvalue weighted by molar-refractivity contribution is 7.43. The molecular formula is C7H14N3O2P. The van der Waals surface area contributed by atoms with Crippen LogP contribution in [-0.2, 0) is 4.62 Å². The van der Waals surface area contributed by atoms with E-state index >= 15 is 0 Å². The summed E-state index contributed by atoms with van der Waals surface area (Å²) in [5.74, 6) is 0. The molecule has 1 aliphatic heterocycles. The summed E-state index contributed by atoms with van der Waals surface area (Å²) in [6.07, 6.45) is 3.38. The lowest BCUT2D eigenvalue weighted by molar-refractivity contribution is -0.0700. The van der Waals surface area contributed by atoms with E-state index in [0.29, 0.717) is 6.42 Å². The molecule has 1 fully saturated rings. The minimum Gasteiger partial charge on any atom is -0.337 e. The Hall–Kier alpha value is -0.240. The molecule has 1 aliphatic rings. The summed E-state index contributed by atoms with van der Waals surface area (Å²) in [7, 11) is -1.81. The van der Waals surface area contributed by atoms with Crippen molar-refractivity contribution in [2.75, 3.05) is 6.54 Å². The first-order valence-electron chi connectivity index (χ1n) is 4.29. The van der Waals surface area contributed by atoms with Crippen LogP contribution in [0.15, 0.2) is 0 Å². The monoisotopic (exact) mass is 203 g/mol. The van der Waals surface area contributed by atoms with Gasteiger partial charge in [-0.3, -0.25) is 5.50 Å². The fourth-order valence-electron chi connectivity index (χ4n) is 1.54. The van der Waals surface area contributed by atoms with E-state index in [-0.39, 0.29) is 6.04 Å². The molecular weight excluding hydrogens is 189 g/mol. The van der Waals surface area contributed by atoms with Crippen molar-refractivity contribution in [1.82, 2.24) is 5.06 Å². The van der Waals surface area contributed by atoms with Crippen molar-refractivity contribution in [2.24, 2.45) is 5.50 Å². The predicted octanol–water partition coefficient (Wildman–Crippen LogP) is 0.864. The van der Waals surface area contributed by atoms with Crippen molar-refractivity contribution in [2.45, 2.75) is 31.7 Å². The second-order valence-corrected chi connectivity index (χ2v) is 3.79. The third-order valence-electron chi connectivity index (χ3n) is 2.10. The summed E-state index contributed by atoms with van der Waals surface area (Å²) in [6, 6.07) is 2.35. The van der Waals surface area contributed by atoms with E-state index in [9.17, 15) is 0 Å². The van der Waals surface area contributed by atoms with Gasteiger partial charge in [0.1, 0.15) is 0 Å². The van der Waals surface area contributed by atoms with Gasteiger partial charge in [-0.1, -0.05) is 0 Å². The Labute approximate surface area is 79.0 Å². The number of hydrogen-bond donors (Lipinski definition) is 2. The van der Waals surface area contributed by atoms with E-state index < -0.39 is 8.53 Å². The molecule has 0 bridgehead atoms. The lowest BCUT2D eigenvalue weighted by Crippen LogP contribution is -2.28. The zero-order valence-corrected chi connectivity index (χ0v) is 8.28. The molecule has 0 amide bonds. The lowest BCUT2D eigenvalue weighted by atomic mass is 10.1. The molecule has 1 saturated heterocycles. The number of nitrogens with zero attached hydrogens (tertiary/aromatic N) is 2. The third-order valence-corrected chi connectivity index (χ3v) is 2.48. The average molecular weight is 203 g/mol. The molecule has 1 heterocycles. The van der Waals surface area contributed by atoms with Crippen LogP contribution in [0, 0.1) is 11.3 Å². The van der Waals surface area contributed by atoms with E-state index in [1.165, 1.54) is 0 Å². The van der Waals surface area contributed by atoms with E-state index in [0.717, 1.165) is 25.8 Å². The van der Waals surface area contributed by atoms with Gasteiger partial charge in [-0.15, -0.1) is 0 Å². The summed E-state index contributed by atoms with van der Waals surface area (Å²) >= 11 is 0. The van der Waals surface area contributed by atoms with Gasteiger partial charge >= 0.3 is 0 Å². The van der Waals surface area contributed by atoms with Crippen molar-refractivity contribution in [3.8, 4) is 6.07 Å². The molecule has 0 aromatic carbocycles. The molecule has 13 heavy (non-hydrogen) atoms. The normalized spacial score (nSPS) is 25.8. The van der Waals surface area contributed by atoms with Crippen molar-refractivity contribution in [3.05, 3.63) is 0 Å². The third kappa shape index (κ3) is 3.55. The quantitative estimate of drug-likeness (QED) is 0.662. The molecule has 0 saturated carbocycles. The first-order valence-corrected chi connectivity index (χ1v) is 5.57. The Balaban J connectivity index is 2.31. The fourth-order valence-corrected chi connectivity index (χ4v) is 1.97. The maximum atomic E-state index is 8.87. The van der Waals surface area contributed by atoms with Gasteiger partial charge in [-0.2, -0.15) is 10.3 Å². The van der Waals surface area contributed by atoms with E-state index in [1.807, 2.05) is 0 Å². The highest BCUT2D eigenvalue weighted by Crippen LogP contribution is 2.30. The molecule has 0 aliphatic carbocycles. The molecule has 0 aromatic heterocycles. The van der Waals surface area contributed by atoms with Crippen molar-refractivity contribution in [1.29, 1.82) is 5.26 Å². The molecule has 6 heteroatoms. The fraction of sp³-hybridized carbons (Fsp3) is 0.857. The zero-order chi connectivity index (χ0) is 9.68. The smallest absolute Gasteiger partial charge is 0.268 e. The molecule has 2 unspecified atom stereocenters. The molecule has 0 spiro atoms. The maximum absolute atomic E-state index is 8.87. The van der Waals surface area contributed by atoms with Crippen LogP contribution in [0.5, 0.6) is 0 Å². The Morgan fingerprint density at radius 3 is 3.15 bits per heavy atom. The Morgan fingerprint density at radius 2 is 2.54 bits per heavy atom. The minimum absolute atomic E-state index is 0.250. The summed E-state index contributed by atoms with van der Waals surface area (Å²) < 4.78 is 5.04. The van der Waals surface area contributed by atoms with E-state index in [1.54, 1.807) is 5.06 Å². The Bertz CT molecular complexity index is 195. The zero-order valence-electron chi connectivity index (χ0n) is 7.39. The summed E-state index contributed by atoms with van der Waals surface area (Å²) in [4.78, 5) is 8.87. The van der Waals surface area contributed by atoms with Crippen LogP contribution in [-0.4, -0.2) is 22.5 Å². The number of nitriles is 1. The Kier molecular flexibility index (Phi) is 4.57. The SMILES string of the molecule is N#CCCC1CCCN1OP(N)O. The van der Waals surface area contributed by atoms with Gasteiger partial charge in [-0.05, 0) is 19.3 Å². The number of hydroxylamine groups is 2. The van der Waals surface area contributed by atoms with Gasteiger partial charge in [0.2, 0.25) is 0 Å². The van der Waals surface area contributed by atoms with Gasteiger partial charge < -0.3 is 4.89 Å².